The van der Waals surface area contributed by atoms with Gasteiger partial charge in [0.15, 0.2) is 0 Å². The van der Waals surface area contributed by atoms with Crippen LogP contribution in [0.4, 0.5) is 0 Å². The number of hydrogen-bond acceptors (Lipinski definition) is 1. The van der Waals surface area contributed by atoms with Crippen LogP contribution in [0.1, 0.15) is 36.3 Å². The molecule has 4 rings (SSSR count). The van der Waals surface area contributed by atoms with Crippen LogP contribution in [0.15, 0.2) is 36.4 Å². The van der Waals surface area contributed by atoms with Crippen molar-refractivity contribution in [2.45, 2.75) is 31.6 Å². The highest BCUT2D eigenvalue weighted by Crippen LogP contribution is 2.46. The molecular weight excluding hydrogens is 220 g/mol. The fraction of sp³-hybridized carbons (Fsp3) is 0.353. The third-order valence-electron chi connectivity index (χ3n) is 4.76. The molecule has 18 heavy (non-hydrogen) atoms. The van der Waals surface area contributed by atoms with Crippen molar-refractivity contribution in [1.29, 1.82) is 0 Å². The molecule has 1 heteroatoms. The van der Waals surface area contributed by atoms with Gasteiger partial charge < -0.3 is 0 Å². The predicted molar refractivity (Wildman–Crippen MR) is 72.7 cm³/mol. The van der Waals surface area contributed by atoms with Crippen molar-refractivity contribution in [1.82, 2.24) is 0 Å². The summed E-state index contributed by atoms with van der Waals surface area (Å²) in [6, 6.07) is 12.9. The third kappa shape index (κ3) is 1.30. The summed E-state index contributed by atoms with van der Waals surface area (Å²) in [4.78, 5) is 12.3. The zero-order chi connectivity index (χ0) is 12.1. The third-order valence-corrected chi connectivity index (χ3v) is 4.76. The standard InChI is InChI=1S/C17H16O/c18-17-10-16-12-5-2-1-4-11(12)8-9-14(16)13-6-3-7-15(13)17/h1-2,4-5,8-9,13,15H,3,6-7,10H2. The average Bonchev–Trinajstić information content (AvgIpc) is 2.89. The van der Waals surface area contributed by atoms with Gasteiger partial charge in [-0.3, -0.25) is 4.79 Å². The summed E-state index contributed by atoms with van der Waals surface area (Å²) >= 11 is 0. The van der Waals surface area contributed by atoms with Crippen LogP contribution in [0.2, 0.25) is 0 Å². The SMILES string of the molecule is O=C1Cc2c(ccc3ccccc23)C2CCCC12. The molecule has 2 aromatic rings. The summed E-state index contributed by atoms with van der Waals surface area (Å²) in [5.74, 6) is 1.30. The van der Waals surface area contributed by atoms with E-state index < -0.39 is 0 Å². The minimum absolute atomic E-state index is 0.318. The Bertz CT molecular complexity index is 641. The van der Waals surface area contributed by atoms with E-state index in [4.69, 9.17) is 0 Å². The molecule has 2 unspecified atom stereocenters. The van der Waals surface area contributed by atoms with Gasteiger partial charge in [-0.2, -0.15) is 0 Å². The molecule has 0 heterocycles. The van der Waals surface area contributed by atoms with E-state index in [1.165, 1.54) is 34.7 Å². The molecule has 0 N–H and O–H groups in total. The molecule has 2 aliphatic rings. The second kappa shape index (κ2) is 3.68. The zero-order valence-electron chi connectivity index (χ0n) is 10.4. The highest BCUT2D eigenvalue weighted by Gasteiger charge is 2.38. The summed E-state index contributed by atoms with van der Waals surface area (Å²) in [7, 11) is 0. The molecule has 0 radical (unpaired) electrons. The molecule has 0 bridgehead atoms. The fourth-order valence-electron chi connectivity index (χ4n) is 3.92. The Morgan fingerprint density at radius 2 is 1.78 bits per heavy atom. The van der Waals surface area contributed by atoms with Crippen LogP contribution in [-0.2, 0) is 11.2 Å². The van der Waals surface area contributed by atoms with Gasteiger partial charge in [0.05, 0.1) is 0 Å². The Labute approximate surface area is 107 Å². The van der Waals surface area contributed by atoms with E-state index in [9.17, 15) is 4.79 Å². The van der Waals surface area contributed by atoms with E-state index in [1.807, 2.05) is 0 Å². The topological polar surface area (TPSA) is 17.1 Å². The van der Waals surface area contributed by atoms with Gasteiger partial charge >= 0.3 is 0 Å². The van der Waals surface area contributed by atoms with Crippen molar-refractivity contribution in [2.75, 3.05) is 0 Å². The van der Waals surface area contributed by atoms with E-state index in [2.05, 4.69) is 36.4 Å². The number of fused-ring (bicyclic) bond motifs is 5. The van der Waals surface area contributed by atoms with Gasteiger partial charge in [-0.05, 0) is 40.7 Å². The van der Waals surface area contributed by atoms with E-state index in [0.717, 1.165) is 6.42 Å². The molecule has 2 aromatic carbocycles. The van der Waals surface area contributed by atoms with Crippen LogP contribution in [0.5, 0.6) is 0 Å². The molecular formula is C17H16O. The van der Waals surface area contributed by atoms with E-state index in [0.29, 0.717) is 24.0 Å². The van der Waals surface area contributed by atoms with Gasteiger partial charge in [-0.15, -0.1) is 0 Å². The molecule has 0 saturated heterocycles. The van der Waals surface area contributed by atoms with Crippen LogP contribution in [0.25, 0.3) is 10.8 Å². The first-order chi connectivity index (χ1) is 8.84. The summed E-state index contributed by atoms with van der Waals surface area (Å²) in [6.45, 7) is 0. The quantitative estimate of drug-likeness (QED) is 0.679. The van der Waals surface area contributed by atoms with Gasteiger partial charge in [0.25, 0.3) is 0 Å². The zero-order valence-corrected chi connectivity index (χ0v) is 10.4. The normalized spacial score (nSPS) is 26.1. The second-order valence-corrected chi connectivity index (χ2v) is 5.64. The molecule has 0 aliphatic heterocycles. The summed E-state index contributed by atoms with van der Waals surface area (Å²) in [5.41, 5.74) is 2.76. The highest BCUT2D eigenvalue weighted by molar-refractivity contribution is 5.95. The van der Waals surface area contributed by atoms with Crippen LogP contribution in [0.3, 0.4) is 0 Å². The minimum Gasteiger partial charge on any atom is -0.299 e. The second-order valence-electron chi connectivity index (χ2n) is 5.64. The number of rotatable bonds is 0. The number of benzene rings is 2. The number of Topliss-reactive ketones (excluding diaryl/α,β-unsaturated/α-hetero) is 1. The Morgan fingerprint density at radius 3 is 2.72 bits per heavy atom. The van der Waals surface area contributed by atoms with Gasteiger partial charge in [0.2, 0.25) is 0 Å². The van der Waals surface area contributed by atoms with Crippen LogP contribution in [0, 0.1) is 5.92 Å². The van der Waals surface area contributed by atoms with Crippen molar-refractivity contribution in [3.8, 4) is 0 Å². The van der Waals surface area contributed by atoms with Gasteiger partial charge in [0, 0.05) is 12.3 Å². The van der Waals surface area contributed by atoms with Gasteiger partial charge in [-0.25, -0.2) is 0 Å². The molecule has 90 valence electrons. The monoisotopic (exact) mass is 236 g/mol. The Hall–Kier alpha value is -1.63. The van der Waals surface area contributed by atoms with Crippen molar-refractivity contribution < 1.29 is 4.79 Å². The first kappa shape index (κ1) is 10.3. The first-order valence-corrected chi connectivity index (χ1v) is 6.88. The summed E-state index contributed by atoms with van der Waals surface area (Å²) in [6.07, 6.45) is 4.17. The molecule has 2 atom stereocenters. The average molecular weight is 236 g/mol. The Balaban J connectivity index is 2.00. The van der Waals surface area contributed by atoms with Crippen molar-refractivity contribution >= 4 is 16.6 Å². The van der Waals surface area contributed by atoms with Crippen molar-refractivity contribution in [3.63, 3.8) is 0 Å². The Morgan fingerprint density at radius 1 is 0.944 bits per heavy atom. The van der Waals surface area contributed by atoms with Gasteiger partial charge in [0.1, 0.15) is 5.78 Å². The van der Waals surface area contributed by atoms with Crippen LogP contribution < -0.4 is 0 Å². The molecule has 1 nitrogen and oxygen atoms in total. The molecule has 0 aromatic heterocycles. The number of ketones is 1. The number of carbonyl (C=O) groups excluding carboxylic acids is 1. The maximum absolute atomic E-state index is 12.3. The van der Waals surface area contributed by atoms with E-state index in [-0.39, 0.29) is 0 Å². The molecule has 2 aliphatic carbocycles. The lowest BCUT2D eigenvalue weighted by Crippen LogP contribution is -2.26. The highest BCUT2D eigenvalue weighted by atomic mass is 16.1. The molecule has 1 saturated carbocycles. The lowest BCUT2D eigenvalue weighted by Gasteiger charge is -2.28. The summed E-state index contributed by atoms with van der Waals surface area (Å²) < 4.78 is 0. The first-order valence-electron chi connectivity index (χ1n) is 6.88. The van der Waals surface area contributed by atoms with E-state index in [1.54, 1.807) is 0 Å². The molecule has 0 amide bonds. The van der Waals surface area contributed by atoms with Crippen molar-refractivity contribution in [2.24, 2.45) is 5.92 Å². The number of carbonyl (C=O) groups is 1. The smallest absolute Gasteiger partial charge is 0.140 e. The minimum atomic E-state index is 0.318. The number of hydrogen-bond donors (Lipinski definition) is 0. The maximum atomic E-state index is 12.3. The lowest BCUT2D eigenvalue weighted by molar-refractivity contribution is -0.122. The van der Waals surface area contributed by atoms with Crippen LogP contribution >= 0.6 is 0 Å². The Kier molecular flexibility index (Phi) is 2.11. The summed E-state index contributed by atoms with van der Waals surface area (Å²) in [5, 5.41) is 2.55. The predicted octanol–water partition coefficient (Wildman–Crippen LogP) is 3.85. The lowest BCUT2D eigenvalue weighted by atomic mass is 9.75. The van der Waals surface area contributed by atoms with E-state index >= 15 is 0 Å². The fourth-order valence-corrected chi connectivity index (χ4v) is 3.92. The van der Waals surface area contributed by atoms with Gasteiger partial charge in [-0.1, -0.05) is 42.8 Å². The molecule has 0 spiro atoms. The maximum Gasteiger partial charge on any atom is 0.140 e. The van der Waals surface area contributed by atoms with Crippen LogP contribution in [-0.4, -0.2) is 5.78 Å². The largest absolute Gasteiger partial charge is 0.299 e. The van der Waals surface area contributed by atoms with Crippen molar-refractivity contribution in [3.05, 3.63) is 47.5 Å². The molecule has 1 fully saturated rings.